The molecule has 23 heavy (non-hydrogen) atoms. The lowest BCUT2D eigenvalue weighted by Gasteiger charge is -2.30. The molecule has 0 fully saturated rings. The lowest BCUT2D eigenvalue weighted by atomic mass is 10.1. The first-order valence-corrected chi connectivity index (χ1v) is 8.22. The molecule has 0 aliphatic heterocycles. The summed E-state index contributed by atoms with van der Waals surface area (Å²) < 4.78 is 4.88. The molecule has 1 aromatic carbocycles. The zero-order valence-electron chi connectivity index (χ0n) is 13.2. The van der Waals surface area contributed by atoms with Gasteiger partial charge in [-0.15, -0.1) is 0 Å². The third kappa shape index (κ3) is 5.68. The van der Waals surface area contributed by atoms with Crippen molar-refractivity contribution in [1.29, 1.82) is 0 Å². The second-order valence-corrected chi connectivity index (χ2v) is 5.74. The fourth-order valence-corrected chi connectivity index (χ4v) is 2.44. The van der Waals surface area contributed by atoms with Gasteiger partial charge in [0.1, 0.15) is 0 Å². The number of hydrogen-bond acceptors (Lipinski definition) is 4. The highest BCUT2D eigenvalue weighted by Gasteiger charge is 2.24. The minimum atomic E-state index is -0.383. The second kappa shape index (κ2) is 9.75. The van der Waals surface area contributed by atoms with Crippen molar-refractivity contribution in [3.63, 3.8) is 0 Å². The topological polar surface area (TPSA) is 66.8 Å². The number of aliphatic hydroxyl groups is 1. The number of amides is 1. The van der Waals surface area contributed by atoms with E-state index in [0.717, 1.165) is 0 Å². The number of rotatable bonds is 8. The maximum Gasteiger partial charge on any atom is 0.307 e. The van der Waals surface area contributed by atoms with Gasteiger partial charge in [0.15, 0.2) is 0 Å². The first-order chi connectivity index (χ1) is 10.9. The maximum atomic E-state index is 12.7. The summed E-state index contributed by atoms with van der Waals surface area (Å²) >= 11 is 11.8. The van der Waals surface area contributed by atoms with Crippen LogP contribution in [-0.2, 0) is 9.53 Å². The normalized spacial score (nSPS) is 11.9. The fourth-order valence-electron chi connectivity index (χ4n) is 2.14. The number of carbonyl (C=O) groups is 2. The van der Waals surface area contributed by atoms with E-state index in [1.807, 2.05) is 6.92 Å². The third-order valence-electron chi connectivity index (χ3n) is 3.41. The number of nitrogens with zero attached hydrogens (tertiary/aromatic N) is 1. The van der Waals surface area contributed by atoms with Crippen LogP contribution < -0.4 is 0 Å². The molecule has 128 valence electrons. The second-order valence-electron chi connectivity index (χ2n) is 4.93. The number of ether oxygens (including phenoxy) is 1. The summed E-state index contributed by atoms with van der Waals surface area (Å²) in [5, 5.41) is 10.1. The quantitative estimate of drug-likeness (QED) is 0.722. The first kappa shape index (κ1) is 19.7. The molecule has 1 amide bonds. The van der Waals surface area contributed by atoms with E-state index >= 15 is 0 Å². The van der Waals surface area contributed by atoms with E-state index in [0.29, 0.717) is 17.0 Å². The van der Waals surface area contributed by atoms with Crippen LogP contribution in [0, 0.1) is 0 Å². The first-order valence-electron chi connectivity index (χ1n) is 7.47. The van der Waals surface area contributed by atoms with E-state index in [9.17, 15) is 14.7 Å². The van der Waals surface area contributed by atoms with E-state index < -0.39 is 0 Å². The highest BCUT2D eigenvalue weighted by atomic mass is 35.5. The Labute approximate surface area is 146 Å². The number of benzene rings is 1. The van der Waals surface area contributed by atoms with E-state index in [4.69, 9.17) is 27.9 Å². The van der Waals surface area contributed by atoms with Crippen LogP contribution in [0.25, 0.3) is 0 Å². The van der Waals surface area contributed by atoms with Gasteiger partial charge in [0.2, 0.25) is 0 Å². The van der Waals surface area contributed by atoms with Crippen LogP contribution in [0.4, 0.5) is 0 Å². The van der Waals surface area contributed by atoms with E-state index in [2.05, 4.69) is 0 Å². The third-order valence-corrected chi connectivity index (χ3v) is 4.15. The van der Waals surface area contributed by atoms with Crippen LogP contribution in [0.1, 0.15) is 37.0 Å². The zero-order chi connectivity index (χ0) is 17.4. The number of aliphatic hydroxyl groups excluding tert-OH is 1. The maximum absolute atomic E-state index is 12.7. The van der Waals surface area contributed by atoms with Crippen LogP contribution in [0.2, 0.25) is 10.0 Å². The SMILES string of the molecule is CCOC(=O)CCN(C(=O)c1ccc(Cl)c(Cl)c1)C(CC)CO. The Kier molecular flexibility index (Phi) is 8.37. The molecule has 0 bridgehead atoms. The fraction of sp³-hybridized carbons (Fsp3) is 0.500. The summed E-state index contributed by atoms with van der Waals surface area (Å²) in [5.41, 5.74) is 0.357. The van der Waals surface area contributed by atoms with Crippen molar-refractivity contribution in [2.75, 3.05) is 19.8 Å². The predicted octanol–water partition coefficient (Wildman–Crippen LogP) is 3.16. The minimum absolute atomic E-state index is 0.0669. The van der Waals surface area contributed by atoms with Crippen LogP contribution in [0.5, 0.6) is 0 Å². The van der Waals surface area contributed by atoms with Gasteiger partial charge in [-0.2, -0.15) is 0 Å². The Morgan fingerprint density at radius 2 is 1.96 bits per heavy atom. The van der Waals surface area contributed by atoms with Crippen molar-refractivity contribution in [2.24, 2.45) is 0 Å². The van der Waals surface area contributed by atoms with Gasteiger partial charge >= 0.3 is 5.97 Å². The summed E-state index contributed by atoms with van der Waals surface area (Å²) in [6.07, 6.45) is 0.629. The molecule has 7 heteroatoms. The molecule has 0 saturated heterocycles. The molecule has 5 nitrogen and oxygen atoms in total. The van der Waals surface area contributed by atoms with Crippen molar-refractivity contribution in [3.8, 4) is 0 Å². The molecule has 1 aromatic rings. The number of carbonyl (C=O) groups excluding carboxylic acids is 2. The summed E-state index contributed by atoms with van der Waals surface area (Å²) in [4.78, 5) is 25.7. The molecule has 0 radical (unpaired) electrons. The number of hydrogen-bond donors (Lipinski definition) is 1. The number of halogens is 2. The van der Waals surface area contributed by atoms with Crippen LogP contribution in [0.15, 0.2) is 18.2 Å². The van der Waals surface area contributed by atoms with Crippen molar-refractivity contribution in [3.05, 3.63) is 33.8 Å². The Morgan fingerprint density at radius 3 is 2.48 bits per heavy atom. The molecule has 0 aromatic heterocycles. The van der Waals surface area contributed by atoms with E-state index in [1.54, 1.807) is 19.1 Å². The lowest BCUT2D eigenvalue weighted by molar-refractivity contribution is -0.143. The predicted molar refractivity (Wildman–Crippen MR) is 89.9 cm³/mol. The van der Waals surface area contributed by atoms with Gasteiger partial charge in [-0.3, -0.25) is 9.59 Å². The summed E-state index contributed by atoms with van der Waals surface area (Å²) in [5.74, 6) is -0.694. The highest BCUT2D eigenvalue weighted by molar-refractivity contribution is 6.42. The Bertz CT molecular complexity index is 547. The lowest BCUT2D eigenvalue weighted by Crippen LogP contribution is -2.43. The smallest absolute Gasteiger partial charge is 0.307 e. The summed E-state index contributed by atoms with van der Waals surface area (Å²) in [7, 11) is 0. The van der Waals surface area contributed by atoms with Gasteiger partial charge in [-0.05, 0) is 31.5 Å². The molecule has 1 unspecified atom stereocenters. The van der Waals surface area contributed by atoms with Gasteiger partial charge < -0.3 is 14.7 Å². The largest absolute Gasteiger partial charge is 0.466 e. The van der Waals surface area contributed by atoms with Crippen molar-refractivity contribution in [2.45, 2.75) is 32.7 Å². The minimum Gasteiger partial charge on any atom is -0.466 e. The van der Waals surface area contributed by atoms with Crippen molar-refractivity contribution < 1.29 is 19.4 Å². The van der Waals surface area contributed by atoms with E-state index in [1.165, 1.54) is 11.0 Å². The highest BCUT2D eigenvalue weighted by Crippen LogP contribution is 2.24. The molecular weight excluding hydrogens is 341 g/mol. The Balaban J connectivity index is 2.95. The van der Waals surface area contributed by atoms with Gasteiger partial charge in [-0.1, -0.05) is 30.1 Å². The zero-order valence-corrected chi connectivity index (χ0v) is 14.7. The molecule has 0 spiro atoms. The average Bonchev–Trinajstić information content (AvgIpc) is 2.53. The molecule has 0 aliphatic carbocycles. The van der Waals surface area contributed by atoms with Gasteiger partial charge in [-0.25, -0.2) is 0 Å². The van der Waals surface area contributed by atoms with Gasteiger partial charge in [0.05, 0.1) is 35.7 Å². The molecule has 0 heterocycles. The molecule has 1 rings (SSSR count). The molecular formula is C16H21Cl2NO4. The Morgan fingerprint density at radius 1 is 1.26 bits per heavy atom. The standard InChI is InChI=1S/C16H21Cl2NO4/c1-3-12(10-20)19(8-7-15(21)23-4-2)16(22)11-5-6-13(17)14(18)9-11/h5-6,9,12,20H,3-4,7-8,10H2,1-2H3. The summed E-state index contributed by atoms with van der Waals surface area (Å²) in [6, 6.07) is 4.21. The van der Waals surface area contributed by atoms with Crippen molar-refractivity contribution in [1.82, 2.24) is 4.90 Å². The molecule has 0 saturated carbocycles. The Hall–Kier alpha value is -1.30. The van der Waals surface area contributed by atoms with Crippen LogP contribution in [-0.4, -0.2) is 47.7 Å². The number of esters is 1. The van der Waals surface area contributed by atoms with Gasteiger partial charge in [0.25, 0.3) is 5.91 Å². The van der Waals surface area contributed by atoms with Crippen LogP contribution >= 0.6 is 23.2 Å². The monoisotopic (exact) mass is 361 g/mol. The van der Waals surface area contributed by atoms with Crippen molar-refractivity contribution >= 4 is 35.1 Å². The van der Waals surface area contributed by atoms with E-state index in [-0.39, 0.29) is 49.1 Å². The summed E-state index contributed by atoms with van der Waals surface area (Å²) in [6.45, 7) is 3.85. The van der Waals surface area contributed by atoms with Gasteiger partial charge in [0, 0.05) is 12.1 Å². The molecule has 1 atom stereocenters. The molecule has 0 aliphatic rings. The molecule has 1 N–H and O–H groups in total. The van der Waals surface area contributed by atoms with Crippen LogP contribution in [0.3, 0.4) is 0 Å². The average molecular weight is 362 g/mol.